The van der Waals surface area contributed by atoms with Crippen molar-refractivity contribution in [2.45, 2.75) is 6.04 Å². The molecule has 2 aromatic carbocycles. The average Bonchev–Trinajstić information content (AvgIpc) is 2.39. The van der Waals surface area contributed by atoms with Gasteiger partial charge in [-0.3, -0.25) is 4.79 Å². The molecule has 0 heterocycles. The largest absolute Gasteiger partial charge is 0.370 e. The Bertz CT molecular complexity index is 649. The predicted octanol–water partition coefficient (Wildman–Crippen LogP) is 4.39. The van der Waals surface area contributed by atoms with E-state index in [4.69, 9.17) is 28.9 Å². The van der Waals surface area contributed by atoms with Crippen LogP contribution in [0.5, 0.6) is 0 Å². The fourth-order valence-corrected chi connectivity index (χ4v) is 2.46. The Hall–Kier alpha value is -1.23. The highest BCUT2D eigenvalue weighted by Crippen LogP contribution is 2.28. The molecule has 0 fully saturated rings. The van der Waals surface area contributed by atoms with Crippen molar-refractivity contribution in [1.82, 2.24) is 0 Å². The lowest BCUT2D eigenvalue weighted by atomic mass is 10.1. The Morgan fingerprint density at radius 2 is 1.90 bits per heavy atom. The van der Waals surface area contributed by atoms with Crippen molar-refractivity contribution in [2.24, 2.45) is 5.73 Å². The van der Waals surface area contributed by atoms with Crippen molar-refractivity contribution in [3.8, 4) is 0 Å². The lowest BCUT2D eigenvalue weighted by Gasteiger charge is -2.18. The van der Waals surface area contributed by atoms with Crippen molar-refractivity contribution in [2.75, 3.05) is 5.32 Å². The molecule has 6 heteroatoms. The number of hydrogen-bond donors (Lipinski definition) is 2. The number of halogens is 3. The van der Waals surface area contributed by atoms with E-state index in [1.54, 1.807) is 18.2 Å². The zero-order valence-electron chi connectivity index (χ0n) is 10.2. The fourth-order valence-electron chi connectivity index (χ4n) is 1.76. The van der Waals surface area contributed by atoms with Gasteiger partial charge in [-0.15, -0.1) is 0 Å². The summed E-state index contributed by atoms with van der Waals surface area (Å²) in [4.78, 5) is 11.7. The first-order valence-corrected chi connectivity index (χ1v) is 7.28. The van der Waals surface area contributed by atoms with Crippen LogP contribution in [0.2, 0.25) is 10.0 Å². The number of hydrogen-bond acceptors (Lipinski definition) is 2. The Balaban J connectivity index is 2.32. The first-order chi connectivity index (χ1) is 9.47. The molecule has 1 unspecified atom stereocenters. The summed E-state index contributed by atoms with van der Waals surface area (Å²) in [7, 11) is 0. The molecule has 2 rings (SSSR count). The van der Waals surface area contributed by atoms with Gasteiger partial charge in [-0.2, -0.15) is 0 Å². The molecule has 0 bridgehead atoms. The topological polar surface area (TPSA) is 55.1 Å². The first kappa shape index (κ1) is 15.2. The quantitative estimate of drug-likeness (QED) is 0.834. The van der Waals surface area contributed by atoms with Gasteiger partial charge in [0.25, 0.3) is 0 Å². The van der Waals surface area contributed by atoms with Crippen LogP contribution in [0.15, 0.2) is 46.9 Å². The second-order valence-electron chi connectivity index (χ2n) is 4.16. The molecule has 0 radical (unpaired) electrons. The van der Waals surface area contributed by atoms with Crippen LogP contribution in [-0.2, 0) is 4.79 Å². The second kappa shape index (κ2) is 6.48. The van der Waals surface area contributed by atoms with Gasteiger partial charge in [0.1, 0.15) is 6.04 Å². The van der Waals surface area contributed by atoms with Crippen molar-refractivity contribution in [1.29, 1.82) is 0 Å². The van der Waals surface area contributed by atoms with Gasteiger partial charge < -0.3 is 11.1 Å². The molecule has 20 heavy (non-hydrogen) atoms. The van der Waals surface area contributed by atoms with Crippen LogP contribution in [0.3, 0.4) is 0 Å². The Morgan fingerprint density at radius 3 is 2.50 bits per heavy atom. The Kier molecular flexibility index (Phi) is 4.91. The maximum absolute atomic E-state index is 11.7. The maximum atomic E-state index is 11.7. The van der Waals surface area contributed by atoms with Crippen molar-refractivity contribution < 1.29 is 4.79 Å². The van der Waals surface area contributed by atoms with E-state index in [1.807, 2.05) is 24.3 Å². The summed E-state index contributed by atoms with van der Waals surface area (Å²) >= 11 is 15.2. The molecular weight excluding hydrogens is 363 g/mol. The molecule has 0 saturated carbocycles. The molecule has 0 aliphatic heterocycles. The number of amides is 1. The van der Waals surface area contributed by atoms with Gasteiger partial charge in [-0.25, -0.2) is 0 Å². The number of benzene rings is 2. The Labute approximate surface area is 135 Å². The average molecular weight is 374 g/mol. The summed E-state index contributed by atoms with van der Waals surface area (Å²) in [6, 6.07) is 11.8. The first-order valence-electron chi connectivity index (χ1n) is 5.74. The third-order valence-corrected chi connectivity index (χ3v) is 3.93. The van der Waals surface area contributed by atoms with Crippen LogP contribution in [0, 0.1) is 0 Å². The highest BCUT2D eigenvalue weighted by molar-refractivity contribution is 9.10. The number of primary amides is 1. The van der Waals surface area contributed by atoms with Crippen LogP contribution in [0.25, 0.3) is 0 Å². The minimum atomic E-state index is -0.681. The van der Waals surface area contributed by atoms with Crippen LogP contribution in [0.4, 0.5) is 5.69 Å². The molecule has 0 aliphatic carbocycles. The minimum Gasteiger partial charge on any atom is -0.370 e. The van der Waals surface area contributed by atoms with Gasteiger partial charge in [0.15, 0.2) is 0 Å². The van der Waals surface area contributed by atoms with Gasteiger partial charge >= 0.3 is 0 Å². The van der Waals surface area contributed by atoms with E-state index in [0.717, 1.165) is 10.2 Å². The van der Waals surface area contributed by atoms with E-state index in [2.05, 4.69) is 21.2 Å². The third kappa shape index (κ3) is 3.66. The van der Waals surface area contributed by atoms with E-state index in [-0.39, 0.29) is 0 Å². The van der Waals surface area contributed by atoms with Gasteiger partial charge in [0, 0.05) is 10.2 Å². The van der Waals surface area contributed by atoms with Crippen molar-refractivity contribution in [3.63, 3.8) is 0 Å². The summed E-state index contributed by atoms with van der Waals surface area (Å²) in [5.74, 6) is -0.497. The monoisotopic (exact) mass is 372 g/mol. The van der Waals surface area contributed by atoms with E-state index in [1.165, 1.54) is 0 Å². The second-order valence-corrected chi connectivity index (χ2v) is 5.89. The van der Waals surface area contributed by atoms with Crippen molar-refractivity contribution in [3.05, 3.63) is 62.5 Å². The van der Waals surface area contributed by atoms with Crippen LogP contribution in [-0.4, -0.2) is 5.91 Å². The highest BCUT2D eigenvalue weighted by Gasteiger charge is 2.18. The molecule has 2 aromatic rings. The molecular formula is C14H11BrCl2N2O. The van der Waals surface area contributed by atoms with Crippen molar-refractivity contribution >= 4 is 50.7 Å². The molecule has 1 amide bonds. The summed E-state index contributed by atoms with van der Waals surface area (Å²) in [5, 5.41) is 3.89. The van der Waals surface area contributed by atoms with Gasteiger partial charge in [-0.05, 0) is 35.9 Å². The number of nitrogens with one attached hydrogen (secondary N) is 1. The lowest BCUT2D eigenvalue weighted by Crippen LogP contribution is -2.27. The molecule has 1 atom stereocenters. The van der Waals surface area contributed by atoms with E-state index >= 15 is 0 Å². The predicted molar refractivity (Wildman–Crippen MR) is 86.2 cm³/mol. The molecule has 0 spiro atoms. The third-order valence-electron chi connectivity index (χ3n) is 2.70. The van der Waals surface area contributed by atoms with Crippen LogP contribution >= 0.6 is 39.1 Å². The summed E-state index contributed by atoms with van der Waals surface area (Å²) in [6.45, 7) is 0. The van der Waals surface area contributed by atoms with Gasteiger partial charge in [-0.1, -0.05) is 51.3 Å². The zero-order chi connectivity index (χ0) is 14.7. The smallest absolute Gasteiger partial charge is 0.244 e. The van der Waals surface area contributed by atoms with E-state index in [9.17, 15) is 4.79 Å². The standard InChI is InChI=1S/C14H11BrCl2N2O/c15-9-2-1-3-10(7-9)19-13(14(18)20)8-4-5-11(16)12(17)6-8/h1-7,13,19H,(H2,18,20). The SMILES string of the molecule is NC(=O)C(Nc1cccc(Br)c1)c1ccc(Cl)c(Cl)c1. The zero-order valence-corrected chi connectivity index (χ0v) is 13.3. The fraction of sp³-hybridized carbons (Fsp3) is 0.0714. The van der Waals surface area contributed by atoms with E-state index in [0.29, 0.717) is 15.6 Å². The van der Waals surface area contributed by atoms with Crippen LogP contribution < -0.4 is 11.1 Å². The number of carbonyl (C=O) groups is 1. The molecule has 3 nitrogen and oxygen atoms in total. The summed E-state index contributed by atoms with van der Waals surface area (Å²) in [6.07, 6.45) is 0. The summed E-state index contributed by atoms with van der Waals surface area (Å²) < 4.78 is 0.903. The molecule has 104 valence electrons. The number of nitrogens with two attached hydrogens (primary N) is 1. The number of anilines is 1. The highest BCUT2D eigenvalue weighted by atomic mass is 79.9. The lowest BCUT2D eigenvalue weighted by molar-refractivity contribution is -0.118. The number of rotatable bonds is 4. The molecule has 0 aromatic heterocycles. The van der Waals surface area contributed by atoms with E-state index < -0.39 is 11.9 Å². The Morgan fingerprint density at radius 1 is 1.15 bits per heavy atom. The van der Waals surface area contributed by atoms with Gasteiger partial charge in [0.2, 0.25) is 5.91 Å². The molecule has 3 N–H and O–H groups in total. The normalized spacial score (nSPS) is 11.9. The minimum absolute atomic E-state index is 0.381. The molecule has 0 aliphatic rings. The number of carbonyl (C=O) groups excluding carboxylic acids is 1. The molecule has 0 saturated heterocycles. The van der Waals surface area contributed by atoms with Crippen LogP contribution in [0.1, 0.15) is 11.6 Å². The maximum Gasteiger partial charge on any atom is 0.244 e. The summed E-state index contributed by atoms with van der Waals surface area (Å²) in [5.41, 5.74) is 6.89. The van der Waals surface area contributed by atoms with Gasteiger partial charge in [0.05, 0.1) is 10.0 Å².